The van der Waals surface area contributed by atoms with Crippen LogP contribution < -0.4 is 5.73 Å². The maximum absolute atomic E-state index is 5.86. The minimum Gasteiger partial charge on any atom is -0.399 e. The summed E-state index contributed by atoms with van der Waals surface area (Å²) in [6.45, 7) is 9.64. The molecule has 1 heterocycles. The summed E-state index contributed by atoms with van der Waals surface area (Å²) in [6.07, 6.45) is 0. The van der Waals surface area contributed by atoms with E-state index in [0.717, 1.165) is 22.4 Å². The summed E-state index contributed by atoms with van der Waals surface area (Å²) in [5, 5.41) is 12.1. The molecule has 1 unspecified atom stereocenters. The van der Waals surface area contributed by atoms with Crippen molar-refractivity contribution in [2.75, 3.05) is 5.73 Å². The fraction of sp³-hybridized carbons (Fsp3) is 0.500. The first-order chi connectivity index (χ1) is 9.29. The van der Waals surface area contributed by atoms with E-state index in [2.05, 4.69) is 59.2 Å². The topological polar surface area (TPSA) is 69.6 Å². The van der Waals surface area contributed by atoms with Gasteiger partial charge in [0.2, 0.25) is 0 Å². The smallest absolute Gasteiger partial charge is 0.183 e. The van der Waals surface area contributed by atoms with Crippen molar-refractivity contribution in [1.82, 2.24) is 20.2 Å². The highest BCUT2D eigenvalue weighted by atomic mass is 79.9. The molecule has 0 aliphatic heterocycles. The van der Waals surface area contributed by atoms with Crippen molar-refractivity contribution in [1.29, 1.82) is 0 Å². The minimum atomic E-state index is 0.205. The summed E-state index contributed by atoms with van der Waals surface area (Å²) in [6, 6.07) is 5.64. The first-order valence-corrected chi connectivity index (χ1v) is 7.40. The number of tetrazole rings is 1. The number of rotatable bonds is 3. The van der Waals surface area contributed by atoms with Gasteiger partial charge >= 0.3 is 0 Å². The Morgan fingerprint density at radius 1 is 1.35 bits per heavy atom. The fourth-order valence-corrected chi connectivity index (χ4v) is 2.19. The average Bonchev–Trinajstić information content (AvgIpc) is 2.79. The first kappa shape index (κ1) is 15.0. The third-order valence-corrected chi connectivity index (χ3v) is 4.38. The van der Waals surface area contributed by atoms with Gasteiger partial charge in [-0.3, -0.25) is 0 Å². The molecule has 1 aromatic carbocycles. The number of nitrogens with zero attached hydrogens (tertiary/aromatic N) is 4. The van der Waals surface area contributed by atoms with Crippen LogP contribution >= 0.6 is 15.9 Å². The summed E-state index contributed by atoms with van der Waals surface area (Å²) >= 11 is 3.53. The molecule has 0 radical (unpaired) electrons. The maximum Gasteiger partial charge on any atom is 0.183 e. The molecule has 20 heavy (non-hydrogen) atoms. The van der Waals surface area contributed by atoms with E-state index in [0.29, 0.717) is 11.6 Å². The lowest BCUT2D eigenvalue weighted by molar-refractivity contribution is 0.225. The Labute approximate surface area is 127 Å². The van der Waals surface area contributed by atoms with E-state index in [1.54, 1.807) is 0 Å². The van der Waals surface area contributed by atoms with Gasteiger partial charge in [-0.05, 0) is 40.0 Å². The van der Waals surface area contributed by atoms with E-state index >= 15 is 0 Å². The second-order valence-electron chi connectivity index (χ2n) is 6.19. The minimum absolute atomic E-state index is 0.205. The van der Waals surface area contributed by atoms with Crippen molar-refractivity contribution < 1.29 is 0 Å². The van der Waals surface area contributed by atoms with Gasteiger partial charge in [-0.25, -0.2) is 4.68 Å². The fourth-order valence-electron chi connectivity index (χ4n) is 1.77. The summed E-state index contributed by atoms with van der Waals surface area (Å²) in [5.41, 5.74) is 7.67. The van der Waals surface area contributed by atoms with Gasteiger partial charge in [-0.15, -0.1) is 5.10 Å². The molecule has 0 aliphatic carbocycles. The van der Waals surface area contributed by atoms with Crippen LogP contribution in [0.2, 0.25) is 0 Å². The molecule has 6 heteroatoms. The average molecular weight is 338 g/mol. The molecular formula is C14H20BrN5. The Morgan fingerprint density at radius 2 is 2.05 bits per heavy atom. The molecule has 2 rings (SSSR count). The van der Waals surface area contributed by atoms with Crippen molar-refractivity contribution in [2.24, 2.45) is 11.3 Å². The number of benzene rings is 1. The number of anilines is 1. The van der Waals surface area contributed by atoms with E-state index in [9.17, 15) is 0 Å². The third-order valence-electron chi connectivity index (χ3n) is 3.69. The van der Waals surface area contributed by atoms with Gasteiger partial charge in [0.25, 0.3) is 0 Å². The molecule has 0 bridgehead atoms. The molecule has 108 valence electrons. The first-order valence-electron chi connectivity index (χ1n) is 6.60. The van der Waals surface area contributed by atoms with Crippen molar-refractivity contribution in [2.45, 2.75) is 34.2 Å². The number of hydrogen-bond acceptors (Lipinski definition) is 4. The summed E-state index contributed by atoms with van der Waals surface area (Å²) in [5.74, 6) is 1.19. The van der Waals surface area contributed by atoms with Gasteiger partial charge < -0.3 is 5.73 Å². The molecule has 2 aromatic rings. The summed E-state index contributed by atoms with van der Waals surface area (Å²) in [4.78, 5) is 0. The summed E-state index contributed by atoms with van der Waals surface area (Å²) < 4.78 is 2.78. The normalized spacial score (nSPS) is 13.4. The van der Waals surface area contributed by atoms with Gasteiger partial charge in [-0.1, -0.05) is 43.6 Å². The Kier molecular flexibility index (Phi) is 4.13. The van der Waals surface area contributed by atoms with Crippen molar-refractivity contribution in [3.8, 4) is 11.4 Å². The zero-order valence-corrected chi connectivity index (χ0v) is 13.8. The molecule has 0 spiro atoms. The third kappa shape index (κ3) is 3.17. The lowest BCUT2D eigenvalue weighted by Crippen LogP contribution is -2.23. The van der Waals surface area contributed by atoms with Gasteiger partial charge in [0.1, 0.15) is 0 Å². The zero-order chi connectivity index (χ0) is 14.9. The van der Waals surface area contributed by atoms with E-state index in [1.807, 2.05) is 22.9 Å². The maximum atomic E-state index is 5.86. The molecule has 0 saturated carbocycles. The highest BCUT2D eigenvalue weighted by Gasteiger charge is 2.23. The van der Waals surface area contributed by atoms with Crippen molar-refractivity contribution >= 4 is 21.6 Å². The van der Waals surface area contributed by atoms with E-state index in [-0.39, 0.29) is 5.41 Å². The number of hydrogen-bond donors (Lipinski definition) is 1. The number of nitrogens with two attached hydrogens (primary N) is 1. The van der Waals surface area contributed by atoms with Crippen LogP contribution in [0.1, 0.15) is 27.7 Å². The standard InChI is InChI=1S/C14H20BrN5/c1-9(14(2,3)4)8-20-13(17-18-19-20)11-7-10(16)5-6-12(11)15/h5-7,9H,8,16H2,1-4H3. The molecule has 0 amide bonds. The predicted molar refractivity (Wildman–Crippen MR) is 84.0 cm³/mol. The van der Waals surface area contributed by atoms with Crippen LogP contribution in [0.15, 0.2) is 22.7 Å². The number of nitrogen functional groups attached to an aromatic ring is 1. The van der Waals surface area contributed by atoms with Crippen LogP contribution in [0.5, 0.6) is 0 Å². The largest absolute Gasteiger partial charge is 0.399 e. The highest BCUT2D eigenvalue weighted by molar-refractivity contribution is 9.10. The molecule has 2 N–H and O–H groups in total. The lowest BCUT2D eigenvalue weighted by atomic mass is 9.82. The second kappa shape index (κ2) is 5.52. The van der Waals surface area contributed by atoms with Crippen molar-refractivity contribution in [3.63, 3.8) is 0 Å². The van der Waals surface area contributed by atoms with Crippen LogP contribution in [0, 0.1) is 11.3 Å². The Balaban J connectivity index is 2.36. The van der Waals surface area contributed by atoms with E-state index in [1.165, 1.54) is 0 Å². The Morgan fingerprint density at radius 3 is 2.70 bits per heavy atom. The van der Waals surface area contributed by atoms with E-state index < -0.39 is 0 Å². The van der Waals surface area contributed by atoms with Crippen LogP contribution in [-0.4, -0.2) is 20.2 Å². The molecule has 0 fully saturated rings. The van der Waals surface area contributed by atoms with Gasteiger partial charge in [0.15, 0.2) is 5.82 Å². The van der Waals surface area contributed by atoms with Crippen LogP contribution in [0.4, 0.5) is 5.69 Å². The zero-order valence-electron chi connectivity index (χ0n) is 12.3. The number of aromatic nitrogens is 4. The SMILES string of the molecule is CC(Cn1nnnc1-c1cc(N)ccc1Br)C(C)(C)C. The van der Waals surface area contributed by atoms with Crippen molar-refractivity contribution in [3.05, 3.63) is 22.7 Å². The van der Waals surface area contributed by atoms with Gasteiger partial charge in [-0.2, -0.15) is 0 Å². The number of halogens is 1. The summed E-state index contributed by atoms with van der Waals surface area (Å²) in [7, 11) is 0. The molecule has 1 atom stereocenters. The second-order valence-corrected chi connectivity index (χ2v) is 7.05. The quantitative estimate of drug-likeness (QED) is 0.871. The highest BCUT2D eigenvalue weighted by Crippen LogP contribution is 2.31. The van der Waals surface area contributed by atoms with Crippen LogP contribution in [0.25, 0.3) is 11.4 Å². The molecular weight excluding hydrogens is 318 g/mol. The monoisotopic (exact) mass is 337 g/mol. The van der Waals surface area contributed by atoms with Crippen LogP contribution in [0.3, 0.4) is 0 Å². The van der Waals surface area contributed by atoms with E-state index in [4.69, 9.17) is 5.73 Å². The molecule has 5 nitrogen and oxygen atoms in total. The molecule has 0 saturated heterocycles. The van der Waals surface area contributed by atoms with Gasteiger partial charge in [0.05, 0.1) is 0 Å². The lowest BCUT2D eigenvalue weighted by Gasteiger charge is -2.27. The van der Waals surface area contributed by atoms with Gasteiger partial charge in [0, 0.05) is 22.3 Å². The Bertz CT molecular complexity index is 600. The molecule has 0 aliphatic rings. The Hall–Kier alpha value is -1.43. The molecule has 1 aromatic heterocycles. The van der Waals surface area contributed by atoms with Crippen LogP contribution in [-0.2, 0) is 6.54 Å². The predicted octanol–water partition coefficient (Wildman–Crippen LogP) is 3.37.